The SMILES string of the molecule is COC(CC([SiH3])(OC)OC)OC(=O)C=Cc1ccccc1. The van der Waals surface area contributed by atoms with E-state index in [-0.39, 0.29) is 0 Å². The first-order valence-corrected chi connectivity index (χ1v) is 7.60. The summed E-state index contributed by atoms with van der Waals surface area (Å²) in [5.41, 5.74) is 0.193. The monoisotopic (exact) mass is 310 g/mol. The lowest BCUT2D eigenvalue weighted by Gasteiger charge is -2.29. The van der Waals surface area contributed by atoms with Gasteiger partial charge < -0.3 is 18.9 Å². The van der Waals surface area contributed by atoms with E-state index < -0.39 is 17.7 Å². The first-order valence-electron chi connectivity index (χ1n) is 6.60. The number of carbonyl (C=O) groups is 1. The van der Waals surface area contributed by atoms with E-state index in [0.29, 0.717) is 16.7 Å². The number of ether oxygens (including phenoxy) is 4. The predicted octanol–water partition coefficient (Wildman–Crippen LogP) is 0.918. The fraction of sp³-hybridized carbons (Fsp3) is 0.400. The molecule has 6 heteroatoms. The number of hydrogen-bond acceptors (Lipinski definition) is 5. The third-order valence-electron chi connectivity index (χ3n) is 3.12. The summed E-state index contributed by atoms with van der Waals surface area (Å²) in [5, 5.41) is 0. The second-order valence-electron chi connectivity index (χ2n) is 4.59. The first kappa shape index (κ1) is 17.6. The van der Waals surface area contributed by atoms with Gasteiger partial charge in [0.15, 0.2) is 0 Å². The molecule has 1 aromatic rings. The Kier molecular flexibility index (Phi) is 7.31. The highest BCUT2D eigenvalue weighted by atomic mass is 28.1. The second-order valence-corrected chi connectivity index (χ2v) is 6.12. The molecule has 0 heterocycles. The second kappa shape index (κ2) is 8.73. The molecule has 116 valence electrons. The lowest BCUT2D eigenvalue weighted by Crippen LogP contribution is -2.40. The van der Waals surface area contributed by atoms with E-state index in [1.165, 1.54) is 13.2 Å². The van der Waals surface area contributed by atoms with Gasteiger partial charge in [-0.2, -0.15) is 0 Å². The molecule has 0 aliphatic heterocycles. The van der Waals surface area contributed by atoms with Crippen LogP contribution in [0.1, 0.15) is 12.0 Å². The molecule has 0 amide bonds. The van der Waals surface area contributed by atoms with Crippen molar-refractivity contribution in [3.8, 4) is 0 Å². The molecular formula is C15H22O5Si. The van der Waals surface area contributed by atoms with Crippen molar-refractivity contribution in [2.75, 3.05) is 21.3 Å². The van der Waals surface area contributed by atoms with Gasteiger partial charge in [0.2, 0.25) is 6.29 Å². The minimum Gasteiger partial charge on any atom is -0.432 e. The quantitative estimate of drug-likeness (QED) is 0.309. The van der Waals surface area contributed by atoms with E-state index >= 15 is 0 Å². The van der Waals surface area contributed by atoms with Gasteiger partial charge >= 0.3 is 5.97 Å². The molecule has 0 spiro atoms. The van der Waals surface area contributed by atoms with Gasteiger partial charge in [-0.25, -0.2) is 4.79 Å². The van der Waals surface area contributed by atoms with Crippen molar-refractivity contribution in [1.82, 2.24) is 0 Å². The number of rotatable bonds is 8. The molecule has 1 aromatic carbocycles. The van der Waals surface area contributed by atoms with Crippen molar-refractivity contribution in [1.29, 1.82) is 0 Å². The van der Waals surface area contributed by atoms with Gasteiger partial charge in [-0.1, -0.05) is 30.3 Å². The van der Waals surface area contributed by atoms with E-state index in [1.54, 1.807) is 20.3 Å². The fourth-order valence-electron chi connectivity index (χ4n) is 1.62. The highest BCUT2D eigenvalue weighted by molar-refractivity contribution is 6.13. The number of methoxy groups -OCH3 is 3. The topological polar surface area (TPSA) is 54.0 Å². The van der Waals surface area contributed by atoms with Crippen LogP contribution in [0.4, 0.5) is 0 Å². The highest BCUT2D eigenvalue weighted by Crippen LogP contribution is 2.17. The standard InChI is InChI=1S/C15H22O5Si/c1-17-14(11-15(21,18-2)19-3)20-13(16)10-9-12-7-5-4-6-8-12/h4-10,14H,11H2,1-3,21H3. The summed E-state index contributed by atoms with van der Waals surface area (Å²) in [7, 11) is 5.21. The summed E-state index contributed by atoms with van der Waals surface area (Å²) in [5.74, 6) is -0.470. The van der Waals surface area contributed by atoms with Crippen molar-refractivity contribution in [3.63, 3.8) is 0 Å². The molecule has 21 heavy (non-hydrogen) atoms. The summed E-state index contributed by atoms with van der Waals surface area (Å²) < 4.78 is 21.0. The van der Waals surface area contributed by atoms with Gasteiger partial charge in [-0.15, -0.1) is 0 Å². The van der Waals surface area contributed by atoms with Crippen molar-refractivity contribution in [3.05, 3.63) is 42.0 Å². The Morgan fingerprint density at radius 3 is 2.38 bits per heavy atom. The van der Waals surface area contributed by atoms with Gasteiger partial charge in [-0.05, 0) is 11.6 Å². The number of esters is 1. The molecule has 5 nitrogen and oxygen atoms in total. The van der Waals surface area contributed by atoms with E-state index in [0.717, 1.165) is 5.56 Å². The molecular weight excluding hydrogens is 288 g/mol. The maximum atomic E-state index is 11.8. The molecule has 0 aliphatic carbocycles. The molecule has 1 rings (SSSR count). The van der Waals surface area contributed by atoms with Gasteiger partial charge in [0, 0.05) is 27.4 Å². The zero-order valence-electron chi connectivity index (χ0n) is 12.9. The lowest BCUT2D eigenvalue weighted by atomic mass is 10.2. The highest BCUT2D eigenvalue weighted by Gasteiger charge is 2.29. The first-order chi connectivity index (χ1) is 10.0. The Morgan fingerprint density at radius 1 is 1.24 bits per heavy atom. The Hall–Kier alpha value is -1.47. The number of benzene rings is 1. The van der Waals surface area contributed by atoms with Crippen LogP contribution in [0.25, 0.3) is 6.08 Å². The molecule has 1 atom stereocenters. The van der Waals surface area contributed by atoms with Gasteiger partial charge in [0.1, 0.15) is 5.41 Å². The zero-order chi connectivity index (χ0) is 15.7. The van der Waals surface area contributed by atoms with Crippen LogP contribution in [0.2, 0.25) is 0 Å². The van der Waals surface area contributed by atoms with Crippen molar-refractivity contribution in [2.24, 2.45) is 0 Å². The van der Waals surface area contributed by atoms with Crippen LogP contribution in [-0.2, 0) is 23.7 Å². The normalized spacial score (nSPS) is 13.5. The minimum atomic E-state index is -0.732. The summed E-state index contributed by atoms with van der Waals surface area (Å²) >= 11 is 0. The Labute approximate surface area is 128 Å². The van der Waals surface area contributed by atoms with Gasteiger partial charge in [0.05, 0.1) is 16.7 Å². The lowest BCUT2D eigenvalue weighted by molar-refractivity contribution is -0.209. The molecule has 0 saturated heterocycles. The van der Waals surface area contributed by atoms with Crippen molar-refractivity contribution >= 4 is 22.3 Å². The van der Waals surface area contributed by atoms with Crippen LogP contribution in [-0.4, -0.2) is 49.2 Å². The van der Waals surface area contributed by atoms with E-state index in [2.05, 4.69) is 0 Å². The van der Waals surface area contributed by atoms with Crippen molar-refractivity contribution < 1.29 is 23.7 Å². The van der Waals surface area contributed by atoms with Crippen molar-refractivity contribution in [2.45, 2.75) is 18.1 Å². The third kappa shape index (κ3) is 6.22. The summed E-state index contributed by atoms with van der Waals surface area (Å²) in [6.45, 7) is 0. The molecule has 0 bridgehead atoms. The fourth-order valence-corrected chi connectivity index (χ4v) is 1.96. The average Bonchev–Trinajstić information content (AvgIpc) is 2.53. The molecule has 1 unspecified atom stereocenters. The summed E-state index contributed by atoms with van der Waals surface area (Å²) in [4.78, 5) is 11.8. The molecule has 0 fully saturated rings. The van der Waals surface area contributed by atoms with Crippen LogP contribution < -0.4 is 0 Å². The van der Waals surface area contributed by atoms with Crippen LogP contribution in [0, 0.1) is 0 Å². The van der Waals surface area contributed by atoms with Gasteiger partial charge in [-0.3, -0.25) is 0 Å². The largest absolute Gasteiger partial charge is 0.432 e. The Balaban J connectivity index is 2.57. The maximum Gasteiger partial charge on any atom is 0.333 e. The average molecular weight is 310 g/mol. The molecule has 0 radical (unpaired) electrons. The predicted molar refractivity (Wildman–Crippen MR) is 83.7 cm³/mol. The van der Waals surface area contributed by atoms with Gasteiger partial charge in [0.25, 0.3) is 0 Å². The summed E-state index contributed by atoms with van der Waals surface area (Å²) in [6.07, 6.45) is 2.68. The number of carbonyl (C=O) groups excluding carboxylic acids is 1. The van der Waals surface area contributed by atoms with E-state index in [1.807, 2.05) is 30.3 Å². The Bertz CT molecular complexity index is 456. The van der Waals surface area contributed by atoms with E-state index in [9.17, 15) is 4.79 Å². The third-order valence-corrected chi connectivity index (χ3v) is 4.35. The van der Waals surface area contributed by atoms with Crippen LogP contribution in [0.3, 0.4) is 0 Å². The Morgan fingerprint density at radius 2 is 1.86 bits per heavy atom. The molecule has 0 aliphatic rings. The van der Waals surface area contributed by atoms with Crippen LogP contribution in [0.15, 0.2) is 36.4 Å². The molecule has 0 saturated carbocycles. The minimum absolute atomic E-state index is 0.327. The number of hydrogen-bond donors (Lipinski definition) is 0. The maximum absolute atomic E-state index is 11.8. The molecule has 0 N–H and O–H groups in total. The van der Waals surface area contributed by atoms with Crippen LogP contribution >= 0.6 is 0 Å². The van der Waals surface area contributed by atoms with Crippen LogP contribution in [0.5, 0.6) is 0 Å². The molecule has 0 aromatic heterocycles. The smallest absolute Gasteiger partial charge is 0.333 e. The van der Waals surface area contributed by atoms with E-state index in [4.69, 9.17) is 18.9 Å². The zero-order valence-corrected chi connectivity index (χ0v) is 14.9. The summed E-state index contributed by atoms with van der Waals surface area (Å²) in [6, 6.07) is 9.51.